The molecule has 0 fully saturated rings. The average Bonchev–Trinajstić information content (AvgIpc) is 2.27. The van der Waals surface area contributed by atoms with Gasteiger partial charge in [-0.3, -0.25) is 9.59 Å². The highest BCUT2D eigenvalue weighted by atomic mass is 16.5. The van der Waals surface area contributed by atoms with Gasteiger partial charge in [0.05, 0.1) is 26.1 Å². The first-order valence-corrected chi connectivity index (χ1v) is 6.02. The van der Waals surface area contributed by atoms with Gasteiger partial charge in [-0.05, 0) is 12.8 Å². The fourth-order valence-corrected chi connectivity index (χ4v) is 1.01. The maximum absolute atomic E-state index is 11.1. The number of esters is 2. The van der Waals surface area contributed by atoms with E-state index >= 15 is 0 Å². The molecule has 0 unspecified atom stereocenters. The highest BCUT2D eigenvalue weighted by Crippen LogP contribution is 1.99. The second kappa shape index (κ2) is 10.5. The van der Waals surface area contributed by atoms with Crippen LogP contribution in [0.1, 0.15) is 52.4 Å². The fourth-order valence-electron chi connectivity index (χ4n) is 1.01. The molecule has 0 radical (unpaired) electrons. The Labute approximate surface area is 97.3 Å². The summed E-state index contributed by atoms with van der Waals surface area (Å²) in [6.45, 7) is 4.94. The van der Waals surface area contributed by atoms with Crippen LogP contribution in [0.5, 0.6) is 0 Å². The summed E-state index contributed by atoms with van der Waals surface area (Å²) >= 11 is 0. The number of hydrogen-bond acceptors (Lipinski definition) is 4. The van der Waals surface area contributed by atoms with Crippen LogP contribution in [0.4, 0.5) is 0 Å². The molecule has 0 aliphatic heterocycles. The van der Waals surface area contributed by atoms with E-state index in [2.05, 4.69) is 0 Å². The van der Waals surface area contributed by atoms with Crippen LogP contribution in [0.25, 0.3) is 0 Å². The van der Waals surface area contributed by atoms with Crippen molar-refractivity contribution in [2.24, 2.45) is 0 Å². The van der Waals surface area contributed by atoms with E-state index in [0.29, 0.717) is 13.2 Å². The topological polar surface area (TPSA) is 52.6 Å². The number of unbranched alkanes of at least 4 members (excludes halogenated alkanes) is 2. The Morgan fingerprint density at radius 1 is 0.812 bits per heavy atom. The lowest BCUT2D eigenvalue weighted by Crippen LogP contribution is -2.11. The van der Waals surface area contributed by atoms with E-state index < -0.39 is 0 Å². The summed E-state index contributed by atoms with van der Waals surface area (Å²) < 4.78 is 9.82. The van der Waals surface area contributed by atoms with Crippen LogP contribution in [0.2, 0.25) is 0 Å². The molecule has 0 N–H and O–H groups in total. The van der Waals surface area contributed by atoms with E-state index in [9.17, 15) is 9.59 Å². The van der Waals surface area contributed by atoms with Gasteiger partial charge in [0.2, 0.25) is 0 Å². The molecule has 0 bridgehead atoms. The van der Waals surface area contributed by atoms with Crippen LogP contribution >= 0.6 is 0 Å². The lowest BCUT2D eigenvalue weighted by atomic mass is 10.3. The molecule has 0 aliphatic rings. The second-order valence-electron chi connectivity index (χ2n) is 3.65. The molecule has 0 amide bonds. The Hall–Kier alpha value is -1.06. The number of hydrogen-bond donors (Lipinski definition) is 0. The van der Waals surface area contributed by atoms with E-state index in [1.165, 1.54) is 0 Å². The average molecular weight is 230 g/mol. The molecular formula is C12H22O4. The van der Waals surface area contributed by atoms with E-state index in [-0.39, 0.29) is 24.8 Å². The maximum Gasteiger partial charge on any atom is 0.306 e. The van der Waals surface area contributed by atoms with Crippen molar-refractivity contribution < 1.29 is 19.1 Å². The highest BCUT2D eigenvalue weighted by Gasteiger charge is 2.08. The molecule has 4 heteroatoms. The van der Waals surface area contributed by atoms with Gasteiger partial charge in [0.15, 0.2) is 0 Å². The highest BCUT2D eigenvalue weighted by molar-refractivity contribution is 5.77. The summed E-state index contributed by atoms with van der Waals surface area (Å²) in [6, 6.07) is 0. The van der Waals surface area contributed by atoms with Gasteiger partial charge in [-0.2, -0.15) is 0 Å². The molecule has 0 aromatic carbocycles. The standard InChI is InChI=1S/C12H22O4/c1-3-5-9-15-11(13)7-8-12(14)16-10-6-4-2/h3-10H2,1-2H3. The summed E-state index contributed by atoms with van der Waals surface area (Å²) in [5.74, 6) is -0.637. The summed E-state index contributed by atoms with van der Waals surface area (Å²) in [5.41, 5.74) is 0. The lowest BCUT2D eigenvalue weighted by Gasteiger charge is -2.04. The minimum atomic E-state index is -0.319. The third kappa shape index (κ3) is 9.49. The first-order valence-electron chi connectivity index (χ1n) is 6.02. The number of carbonyl (C=O) groups excluding carboxylic acids is 2. The lowest BCUT2D eigenvalue weighted by molar-refractivity contribution is -0.150. The molecule has 0 aromatic rings. The number of ether oxygens (including phenoxy) is 2. The summed E-state index contributed by atoms with van der Waals surface area (Å²) in [5, 5.41) is 0. The van der Waals surface area contributed by atoms with Gasteiger partial charge in [-0.15, -0.1) is 0 Å². The minimum absolute atomic E-state index is 0.120. The van der Waals surface area contributed by atoms with Crippen molar-refractivity contribution in [1.29, 1.82) is 0 Å². The van der Waals surface area contributed by atoms with Crippen molar-refractivity contribution in [2.45, 2.75) is 52.4 Å². The van der Waals surface area contributed by atoms with Crippen molar-refractivity contribution in [3.05, 3.63) is 0 Å². The van der Waals surface area contributed by atoms with E-state index in [1.807, 2.05) is 13.8 Å². The predicted molar refractivity (Wildman–Crippen MR) is 61.0 cm³/mol. The van der Waals surface area contributed by atoms with Crippen molar-refractivity contribution in [3.63, 3.8) is 0 Å². The van der Waals surface area contributed by atoms with Gasteiger partial charge < -0.3 is 9.47 Å². The normalized spacial score (nSPS) is 9.88. The first kappa shape index (κ1) is 14.9. The summed E-state index contributed by atoms with van der Waals surface area (Å²) in [7, 11) is 0. The monoisotopic (exact) mass is 230 g/mol. The van der Waals surface area contributed by atoms with E-state index in [1.54, 1.807) is 0 Å². The molecule has 0 atom stereocenters. The molecule has 0 aromatic heterocycles. The Balaban J connectivity index is 3.40. The Kier molecular flexibility index (Phi) is 9.76. The molecule has 94 valence electrons. The smallest absolute Gasteiger partial charge is 0.306 e. The molecule has 0 rings (SSSR count). The fraction of sp³-hybridized carbons (Fsp3) is 0.833. The van der Waals surface area contributed by atoms with Gasteiger partial charge in [0, 0.05) is 0 Å². The van der Waals surface area contributed by atoms with Gasteiger partial charge in [0.25, 0.3) is 0 Å². The quantitative estimate of drug-likeness (QED) is 0.451. The van der Waals surface area contributed by atoms with Gasteiger partial charge in [-0.25, -0.2) is 0 Å². The molecule has 16 heavy (non-hydrogen) atoms. The molecule has 0 saturated carbocycles. The van der Waals surface area contributed by atoms with Crippen LogP contribution in [0.3, 0.4) is 0 Å². The van der Waals surface area contributed by atoms with Crippen molar-refractivity contribution >= 4 is 11.9 Å². The van der Waals surface area contributed by atoms with Gasteiger partial charge in [0.1, 0.15) is 0 Å². The van der Waals surface area contributed by atoms with Crippen LogP contribution in [-0.2, 0) is 19.1 Å². The van der Waals surface area contributed by atoms with Crippen molar-refractivity contribution in [1.82, 2.24) is 0 Å². The summed E-state index contributed by atoms with van der Waals surface area (Å²) in [6.07, 6.45) is 3.96. The SMILES string of the molecule is CCCCOC(=O)CCC(=O)OCCCC. The number of carbonyl (C=O) groups is 2. The molecule has 0 aliphatic carbocycles. The Bertz CT molecular complexity index is 179. The van der Waals surface area contributed by atoms with Crippen molar-refractivity contribution in [3.8, 4) is 0 Å². The zero-order valence-corrected chi connectivity index (χ0v) is 10.3. The minimum Gasteiger partial charge on any atom is -0.466 e. The third-order valence-electron chi connectivity index (χ3n) is 2.06. The first-order chi connectivity index (χ1) is 7.70. The van der Waals surface area contributed by atoms with Crippen molar-refractivity contribution in [2.75, 3.05) is 13.2 Å². The molecule has 0 saturated heterocycles. The van der Waals surface area contributed by atoms with Crippen LogP contribution in [0, 0.1) is 0 Å². The van der Waals surface area contributed by atoms with Crippen LogP contribution in [0.15, 0.2) is 0 Å². The van der Waals surface area contributed by atoms with Crippen LogP contribution < -0.4 is 0 Å². The van der Waals surface area contributed by atoms with Crippen LogP contribution in [-0.4, -0.2) is 25.2 Å². The van der Waals surface area contributed by atoms with E-state index in [4.69, 9.17) is 9.47 Å². The Morgan fingerprint density at radius 2 is 1.19 bits per heavy atom. The molecule has 0 spiro atoms. The van der Waals surface area contributed by atoms with Gasteiger partial charge in [-0.1, -0.05) is 26.7 Å². The largest absolute Gasteiger partial charge is 0.466 e. The number of rotatable bonds is 9. The predicted octanol–water partition coefficient (Wildman–Crippen LogP) is 2.45. The zero-order valence-electron chi connectivity index (χ0n) is 10.3. The van der Waals surface area contributed by atoms with Gasteiger partial charge >= 0.3 is 11.9 Å². The molecular weight excluding hydrogens is 208 g/mol. The van der Waals surface area contributed by atoms with E-state index in [0.717, 1.165) is 25.7 Å². The summed E-state index contributed by atoms with van der Waals surface area (Å²) in [4.78, 5) is 22.2. The molecule has 4 nitrogen and oxygen atoms in total. The zero-order chi connectivity index (χ0) is 12.2. The second-order valence-corrected chi connectivity index (χ2v) is 3.65. The Morgan fingerprint density at radius 3 is 1.50 bits per heavy atom. The molecule has 0 heterocycles. The maximum atomic E-state index is 11.1. The third-order valence-corrected chi connectivity index (χ3v) is 2.06.